The van der Waals surface area contributed by atoms with E-state index in [1.165, 1.54) is 0 Å². The third-order valence-electron chi connectivity index (χ3n) is 5.08. The molecule has 3 atom stereocenters. The van der Waals surface area contributed by atoms with Crippen molar-refractivity contribution in [2.24, 2.45) is 13.0 Å². The normalized spacial score (nSPS) is 19.6. The first kappa shape index (κ1) is 22.0. The van der Waals surface area contributed by atoms with Gasteiger partial charge in [0, 0.05) is 38.3 Å². The monoisotopic (exact) mass is 408 g/mol. The lowest BCUT2D eigenvalue weighted by molar-refractivity contribution is -0.125. The van der Waals surface area contributed by atoms with Gasteiger partial charge in [0.15, 0.2) is 11.5 Å². The third kappa shape index (κ3) is 4.97. The Balaban J connectivity index is 0.00000280. The molecule has 2 aromatic rings. The Labute approximate surface area is 172 Å². The van der Waals surface area contributed by atoms with Gasteiger partial charge in [-0.1, -0.05) is 6.07 Å². The van der Waals surface area contributed by atoms with Crippen LogP contribution in [0.1, 0.15) is 24.0 Å². The Morgan fingerprint density at radius 2 is 2.07 bits per heavy atom. The van der Waals surface area contributed by atoms with Crippen LogP contribution in [0.4, 0.5) is 0 Å². The molecule has 28 heavy (non-hydrogen) atoms. The van der Waals surface area contributed by atoms with Gasteiger partial charge in [-0.05, 0) is 36.6 Å². The lowest BCUT2D eigenvalue weighted by atomic mass is 9.90. The standard InChI is InChI=1S/C20H28N4O3.ClH/c1-13(7-14-5-6-18(26-3)19(8-14)27-4)23-20(25)17-11-21-10-16(17)15-9-22-24(2)12-15;/h5-6,8-9,12-13,16-17,21H,7,10-11H2,1-4H3,(H,23,25);1H/t13?,16-,17+;/m1./s1. The van der Waals surface area contributed by atoms with Crippen LogP contribution < -0.4 is 20.1 Å². The second-order valence-corrected chi connectivity index (χ2v) is 7.12. The van der Waals surface area contributed by atoms with Crippen LogP contribution in [0.25, 0.3) is 0 Å². The summed E-state index contributed by atoms with van der Waals surface area (Å²) in [4.78, 5) is 12.8. The summed E-state index contributed by atoms with van der Waals surface area (Å²) in [5.41, 5.74) is 2.20. The zero-order chi connectivity index (χ0) is 19.4. The largest absolute Gasteiger partial charge is 0.493 e. The summed E-state index contributed by atoms with van der Waals surface area (Å²) < 4.78 is 12.4. The van der Waals surface area contributed by atoms with Gasteiger partial charge in [-0.25, -0.2) is 0 Å². The summed E-state index contributed by atoms with van der Waals surface area (Å²) in [7, 11) is 5.14. The number of hydrogen-bond donors (Lipinski definition) is 2. The Bertz CT molecular complexity index is 796. The van der Waals surface area contributed by atoms with Gasteiger partial charge in [-0.2, -0.15) is 5.10 Å². The minimum atomic E-state index is -0.0814. The number of nitrogens with zero attached hydrogens (tertiary/aromatic N) is 2. The number of aryl methyl sites for hydroxylation is 1. The van der Waals surface area contributed by atoms with E-state index < -0.39 is 0 Å². The molecule has 1 aliphatic rings. The number of hydrogen-bond acceptors (Lipinski definition) is 5. The molecule has 1 aliphatic heterocycles. The van der Waals surface area contributed by atoms with Crippen molar-refractivity contribution in [2.45, 2.75) is 25.3 Å². The molecule has 7 nitrogen and oxygen atoms in total. The van der Waals surface area contributed by atoms with E-state index in [4.69, 9.17) is 9.47 Å². The first-order valence-corrected chi connectivity index (χ1v) is 9.22. The lowest BCUT2D eigenvalue weighted by Crippen LogP contribution is -2.40. The summed E-state index contributed by atoms with van der Waals surface area (Å²) in [6.45, 7) is 3.51. The van der Waals surface area contributed by atoms with Crippen LogP contribution in [0.2, 0.25) is 0 Å². The number of ether oxygens (including phenoxy) is 2. The number of amides is 1. The fourth-order valence-electron chi connectivity index (χ4n) is 3.70. The van der Waals surface area contributed by atoms with Gasteiger partial charge in [-0.3, -0.25) is 9.48 Å². The second kappa shape index (κ2) is 9.80. The maximum Gasteiger partial charge on any atom is 0.225 e. The van der Waals surface area contributed by atoms with Crippen LogP contribution in [0, 0.1) is 5.92 Å². The zero-order valence-corrected chi connectivity index (χ0v) is 17.6. The second-order valence-electron chi connectivity index (χ2n) is 7.12. The van der Waals surface area contributed by atoms with Gasteiger partial charge in [0.2, 0.25) is 5.91 Å². The molecule has 0 aliphatic carbocycles. The van der Waals surface area contributed by atoms with Gasteiger partial charge >= 0.3 is 0 Å². The Hall–Kier alpha value is -2.25. The fourth-order valence-corrected chi connectivity index (χ4v) is 3.70. The molecular weight excluding hydrogens is 380 g/mol. The molecule has 8 heteroatoms. The van der Waals surface area contributed by atoms with E-state index in [0.717, 1.165) is 24.1 Å². The van der Waals surface area contributed by atoms with Crippen LogP contribution >= 0.6 is 12.4 Å². The summed E-state index contributed by atoms with van der Waals surface area (Å²) in [6.07, 6.45) is 4.57. The highest BCUT2D eigenvalue weighted by Crippen LogP contribution is 2.29. The minimum absolute atomic E-state index is 0. The van der Waals surface area contributed by atoms with Gasteiger partial charge in [-0.15, -0.1) is 12.4 Å². The van der Waals surface area contributed by atoms with Crippen molar-refractivity contribution >= 4 is 18.3 Å². The smallest absolute Gasteiger partial charge is 0.225 e. The summed E-state index contributed by atoms with van der Waals surface area (Å²) in [6, 6.07) is 5.87. The Morgan fingerprint density at radius 1 is 1.32 bits per heavy atom. The average Bonchev–Trinajstić information content (AvgIpc) is 3.30. The Morgan fingerprint density at radius 3 is 2.71 bits per heavy atom. The molecule has 2 N–H and O–H groups in total. The van der Waals surface area contributed by atoms with E-state index in [-0.39, 0.29) is 36.2 Å². The number of methoxy groups -OCH3 is 2. The van der Waals surface area contributed by atoms with E-state index >= 15 is 0 Å². The van der Waals surface area contributed by atoms with E-state index in [0.29, 0.717) is 18.0 Å². The molecule has 3 rings (SSSR count). The average molecular weight is 409 g/mol. The molecule has 1 unspecified atom stereocenters. The molecule has 0 bridgehead atoms. The molecule has 1 fully saturated rings. The maximum absolute atomic E-state index is 12.8. The van der Waals surface area contributed by atoms with E-state index in [1.807, 2.05) is 44.6 Å². The summed E-state index contributed by atoms with van der Waals surface area (Å²) in [5.74, 6) is 1.57. The molecule has 0 saturated carbocycles. The van der Waals surface area contributed by atoms with Crippen molar-refractivity contribution in [3.8, 4) is 11.5 Å². The van der Waals surface area contributed by atoms with Gasteiger partial charge in [0.05, 0.1) is 26.3 Å². The maximum atomic E-state index is 12.8. The number of aromatic nitrogens is 2. The van der Waals surface area contributed by atoms with Crippen molar-refractivity contribution in [3.05, 3.63) is 41.7 Å². The lowest BCUT2D eigenvalue weighted by Gasteiger charge is -2.21. The topological polar surface area (TPSA) is 77.4 Å². The molecule has 1 saturated heterocycles. The summed E-state index contributed by atoms with van der Waals surface area (Å²) in [5, 5.41) is 10.7. The number of benzene rings is 1. The van der Waals surface area contributed by atoms with Crippen molar-refractivity contribution in [3.63, 3.8) is 0 Å². The highest BCUT2D eigenvalue weighted by atomic mass is 35.5. The van der Waals surface area contributed by atoms with Crippen LogP contribution in [0.5, 0.6) is 11.5 Å². The summed E-state index contributed by atoms with van der Waals surface area (Å²) >= 11 is 0. The molecule has 1 aromatic heterocycles. The van der Waals surface area contributed by atoms with Crippen molar-refractivity contribution < 1.29 is 14.3 Å². The van der Waals surface area contributed by atoms with Crippen LogP contribution in [0.15, 0.2) is 30.6 Å². The predicted molar refractivity (Wildman–Crippen MR) is 110 cm³/mol. The van der Waals surface area contributed by atoms with Crippen LogP contribution in [0.3, 0.4) is 0 Å². The number of rotatable bonds is 7. The zero-order valence-electron chi connectivity index (χ0n) is 16.8. The highest BCUT2D eigenvalue weighted by molar-refractivity contribution is 5.85. The van der Waals surface area contributed by atoms with Crippen molar-refractivity contribution in [1.82, 2.24) is 20.4 Å². The molecule has 154 valence electrons. The molecule has 1 amide bonds. The molecule has 0 spiro atoms. The number of carbonyl (C=O) groups excluding carboxylic acids is 1. The van der Waals surface area contributed by atoms with Gasteiger partial charge in [0.1, 0.15) is 0 Å². The van der Waals surface area contributed by atoms with Gasteiger partial charge < -0.3 is 20.1 Å². The Kier molecular flexibility index (Phi) is 7.71. The van der Waals surface area contributed by atoms with Gasteiger partial charge in [0.25, 0.3) is 0 Å². The van der Waals surface area contributed by atoms with E-state index in [9.17, 15) is 4.79 Å². The predicted octanol–water partition coefficient (Wildman–Crippen LogP) is 1.91. The van der Waals surface area contributed by atoms with E-state index in [2.05, 4.69) is 15.7 Å². The number of halogens is 1. The highest BCUT2D eigenvalue weighted by Gasteiger charge is 2.35. The minimum Gasteiger partial charge on any atom is -0.493 e. The molecule has 1 aromatic carbocycles. The first-order chi connectivity index (χ1) is 13.0. The van der Waals surface area contributed by atoms with Crippen molar-refractivity contribution in [1.29, 1.82) is 0 Å². The van der Waals surface area contributed by atoms with E-state index in [1.54, 1.807) is 18.9 Å². The number of carbonyl (C=O) groups is 1. The fraction of sp³-hybridized carbons (Fsp3) is 0.500. The quantitative estimate of drug-likeness (QED) is 0.731. The van der Waals surface area contributed by atoms with Crippen LogP contribution in [-0.4, -0.2) is 49.0 Å². The molecule has 0 radical (unpaired) electrons. The number of nitrogens with one attached hydrogen (secondary N) is 2. The SMILES string of the molecule is COc1ccc(CC(C)NC(=O)[C@H]2CNC[C@@H]2c2cnn(C)c2)cc1OC.Cl. The molecule has 2 heterocycles. The third-order valence-corrected chi connectivity index (χ3v) is 5.08. The van der Waals surface area contributed by atoms with Crippen molar-refractivity contribution in [2.75, 3.05) is 27.3 Å². The van der Waals surface area contributed by atoms with Crippen LogP contribution in [-0.2, 0) is 18.3 Å². The molecular formula is C20H29ClN4O3. The first-order valence-electron chi connectivity index (χ1n) is 9.22.